The Labute approximate surface area is 105 Å². The molecule has 0 saturated carbocycles. The highest BCUT2D eigenvalue weighted by Gasteiger charge is 2.13. The van der Waals surface area contributed by atoms with Gasteiger partial charge in [-0.25, -0.2) is 9.37 Å². The van der Waals surface area contributed by atoms with Gasteiger partial charge in [-0.1, -0.05) is 0 Å². The Bertz CT molecular complexity index is 531. The molecule has 3 N–H and O–H groups in total. The molecule has 0 bridgehead atoms. The summed E-state index contributed by atoms with van der Waals surface area (Å²) >= 11 is 0. The molecule has 1 aliphatic rings. The normalized spacial score (nSPS) is 19.5. The Morgan fingerprint density at radius 1 is 1.44 bits per heavy atom. The summed E-state index contributed by atoms with van der Waals surface area (Å²) in [6.07, 6.45) is 3.62. The number of nitrogens with one attached hydrogen (secondary N) is 3. The molecule has 0 aliphatic carbocycles. The molecule has 0 spiro atoms. The summed E-state index contributed by atoms with van der Waals surface area (Å²) in [7, 11) is 0. The SMILES string of the molecule is Fc1ccc2nc(NCC[C@H]3CCCN3)[nH]c2c1. The monoisotopic (exact) mass is 248 g/mol. The van der Waals surface area contributed by atoms with Crippen LogP contribution < -0.4 is 10.6 Å². The van der Waals surface area contributed by atoms with E-state index in [2.05, 4.69) is 20.6 Å². The number of anilines is 1. The van der Waals surface area contributed by atoms with Crippen LogP contribution in [0.4, 0.5) is 10.3 Å². The van der Waals surface area contributed by atoms with Gasteiger partial charge in [0.2, 0.25) is 5.95 Å². The third kappa shape index (κ3) is 2.46. The zero-order valence-electron chi connectivity index (χ0n) is 10.2. The largest absolute Gasteiger partial charge is 0.356 e. The van der Waals surface area contributed by atoms with E-state index in [-0.39, 0.29) is 5.82 Å². The van der Waals surface area contributed by atoms with E-state index in [0.717, 1.165) is 30.5 Å². The number of fused-ring (bicyclic) bond motifs is 1. The van der Waals surface area contributed by atoms with Gasteiger partial charge in [0.1, 0.15) is 5.82 Å². The lowest BCUT2D eigenvalue weighted by Crippen LogP contribution is -2.24. The first-order valence-electron chi connectivity index (χ1n) is 6.44. The summed E-state index contributed by atoms with van der Waals surface area (Å²) in [6, 6.07) is 5.20. The van der Waals surface area contributed by atoms with Crippen molar-refractivity contribution in [2.24, 2.45) is 0 Å². The predicted octanol–water partition coefficient (Wildman–Crippen LogP) is 2.26. The minimum Gasteiger partial charge on any atom is -0.356 e. The van der Waals surface area contributed by atoms with E-state index < -0.39 is 0 Å². The van der Waals surface area contributed by atoms with Crippen LogP contribution in [0.1, 0.15) is 19.3 Å². The second kappa shape index (κ2) is 4.94. The van der Waals surface area contributed by atoms with Crippen LogP contribution in [0.15, 0.2) is 18.2 Å². The fourth-order valence-corrected chi connectivity index (χ4v) is 2.43. The van der Waals surface area contributed by atoms with Gasteiger partial charge >= 0.3 is 0 Å². The van der Waals surface area contributed by atoms with Crippen LogP contribution in [0.25, 0.3) is 11.0 Å². The topological polar surface area (TPSA) is 52.7 Å². The number of imidazole rings is 1. The quantitative estimate of drug-likeness (QED) is 0.778. The smallest absolute Gasteiger partial charge is 0.201 e. The van der Waals surface area contributed by atoms with Crippen molar-refractivity contribution in [3.8, 4) is 0 Å². The molecule has 1 aliphatic heterocycles. The molecule has 1 aromatic carbocycles. The fourth-order valence-electron chi connectivity index (χ4n) is 2.43. The molecule has 0 amide bonds. The Kier molecular flexibility index (Phi) is 3.15. The minimum absolute atomic E-state index is 0.243. The lowest BCUT2D eigenvalue weighted by Gasteiger charge is -2.09. The third-order valence-corrected chi connectivity index (χ3v) is 3.39. The summed E-state index contributed by atoms with van der Waals surface area (Å²) in [6.45, 7) is 2.01. The summed E-state index contributed by atoms with van der Waals surface area (Å²) in [4.78, 5) is 7.44. The van der Waals surface area contributed by atoms with E-state index in [4.69, 9.17) is 0 Å². The van der Waals surface area contributed by atoms with Gasteiger partial charge in [0.05, 0.1) is 11.0 Å². The number of halogens is 1. The van der Waals surface area contributed by atoms with Crippen molar-refractivity contribution in [2.45, 2.75) is 25.3 Å². The Balaban J connectivity index is 1.60. The van der Waals surface area contributed by atoms with Crippen LogP contribution >= 0.6 is 0 Å². The van der Waals surface area contributed by atoms with Gasteiger partial charge in [-0.2, -0.15) is 0 Å². The highest BCUT2D eigenvalue weighted by molar-refractivity contribution is 5.77. The fraction of sp³-hybridized carbons (Fsp3) is 0.462. The molecule has 2 heterocycles. The van der Waals surface area contributed by atoms with Crippen LogP contribution in [0.2, 0.25) is 0 Å². The van der Waals surface area contributed by atoms with Gasteiger partial charge in [-0.15, -0.1) is 0 Å². The Hall–Kier alpha value is -1.62. The highest BCUT2D eigenvalue weighted by Crippen LogP contribution is 2.15. The van der Waals surface area contributed by atoms with Crippen molar-refractivity contribution >= 4 is 17.0 Å². The van der Waals surface area contributed by atoms with Crippen molar-refractivity contribution in [1.82, 2.24) is 15.3 Å². The summed E-state index contributed by atoms with van der Waals surface area (Å²) in [5.74, 6) is 0.474. The average molecular weight is 248 g/mol. The number of rotatable bonds is 4. The molecule has 0 radical (unpaired) electrons. The van der Waals surface area contributed by atoms with E-state index in [9.17, 15) is 4.39 Å². The molecule has 1 atom stereocenters. The van der Waals surface area contributed by atoms with E-state index >= 15 is 0 Å². The van der Waals surface area contributed by atoms with Gasteiger partial charge in [0.15, 0.2) is 0 Å². The molecule has 5 heteroatoms. The molecular formula is C13H17FN4. The Morgan fingerprint density at radius 2 is 2.39 bits per heavy atom. The molecule has 0 unspecified atom stereocenters. The molecule has 96 valence electrons. The van der Waals surface area contributed by atoms with Gasteiger partial charge in [0, 0.05) is 12.6 Å². The third-order valence-electron chi connectivity index (χ3n) is 3.39. The standard InChI is InChI=1S/C13H17FN4/c14-9-3-4-11-12(8-9)18-13(17-11)16-7-5-10-2-1-6-15-10/h3-4,8,10,15H,1-2,5-7H2,(H2,16,17,18)/t10-/m1/s1. The van der Waals surface area contributed by atoms with Crippen LogP contribution in [0, 0.1) is 5.82 Å². The zero-order valence-corrected chi connectivity index (χ0v) is 10.2. The van der Waals surface area contributed by atoms with Gasteiger partial charge in [-0.3, -0.25) is 0 Å². The minimum atomic E-state index is -0.243. The van der Waals surface area contributed by atoms with Crippen molar-refractivity contribution in [1.29, 1.82) is 0 Å². The van der Waals surface area contributed by atoms with Gasteiger partial charge in [-0.05, 0) is 44.0 Å². The number of H-pyrrole nitrogens is 1. The van der Waals surface area contributed by atoms with Crippen LogP contribution in [0.3, 0.4) is 0 Å². The molecule has 18 heavy (non-hydrogen) atoms. The highest BCUT2D eigenvalue weighted by atomic mass is 19.1. The van der Waals surface area contributed by atoms with Crippen molar-refractivity contribution < 1.29 is 4.39 Å². The predicted molar refractivity (Wildman–Crippen MR) is 70.2 cm³/mol. The Morgan fingerprint density at radius 3 is 3.22 bits per heavy atom. The first-order valence-corrected chi connectivity index (χ1v) is 6.44. The van der Waals surface area contributed by atoms with Crippen molar-refractivity contribution in [3.05, 3.63) is 24.0 Å². The maximum atomic E-state index is 13.0. The molecule has 3 rings (SSSR count). The molecular weight excluding hydrogens is 231 g/mol. The summed E-state index contributed by atoms with van der Waals surface area (Å²) in [5, 5.41) is 6.71. The second-order valence-corrected chi connectivity index (χ2v) is 4.76. The maximum absolute atomic E-state index is 13.0. The number of hydrogen-bond donors (Lipinski definition) is 3. The van der Waals surface area contributed by atoms with E-state index in [1.54, 1.807) is 6.07 Å². The van der Waals surface area contributed by atoms with Crippen LogP contribution in [-0.4, -0.2) is 29.1 Å². The van der Waals surface area contributed by atoms with Gasteiger partial charge < -0.3 is 15.6 Å². The lowest BCUT2D eigenvalue weighted by atomic mass is 10.2. The molecule has 1 fully saturated rings. The van der Waals surface area contributed by atoms with E-state index in [1.807, 2.05) is 0 Å². The summed E-state index contributed by atoms with van der Waals surface area (Å²) in [5.41, 5.74) is 1.52. The summed E-state index contributed by atoms with van der Waals surface area (Å²) < 4.78 is 13.0. The number of benzene rings is 1. The molecule has 4 nitrogen and oxygen atoms in total. The zero-order chi connectivity index (χ0) is 12.4. The number of hydrogen-bond acceptors (Lipinski definition) is 3. The number of aromatic nitrogens is 2. The first-order chi connectivity index (χ1) is 8.81. The first kappa shape index (κ1) is 11.5. The molecule has 2 aromatic rings. The second-order valence-electron chi connectivity index (χ2n) is 4.76. The average Bonchev–Trinajstić information content (AvgIpc) is 2.97. The van der Waals surface area contributed by atoms with E-state index in [1.165, 1.54) is 25.0 Å². The molecule has 1 aromatic heterocycles. The molecule has 1 saturated heterocycles. The van der Waals surface area contributed by atoms with Crippen molar-refractivity contribution in [2.75, 3.05) is 18.4 Å². The van der Waals surface area contributed by atoms with Gasteiger partial charge in [0.25, 0.3) is 0 Å². The van der Waals surface area contributed by atoms with Crippen molar-refractivity contribution in [3.63, 3.8) is 0 Å². The van der Waals surface area contributed by atoms with Crippen LogP contribution in [-0.2, 0) is 0 Å². The number of nitrogens with zero attached hydrogens (tertiary/aromatic N) is 1. The van der Waals surface area contributed by atoms with Crippen LogP contribution in [0.5, 0.6) is 0 Å². The van der Waals surface area contributed by atoms with E-state index in [0.29, 0.717) is 12.0 Å². The maximum Gasteiger partial charge on any atom is 0.201 e. The number of aromatic amines is 1. The lowest BCUT2D eigenvalue weighted by molar-refractivity contribution is 0.574.